The number of aliphatic hydroxyl groups excluding tert-OH is 1. The monoisotopic (exact) mass is 255 g/mol. The van der Waals surface area contributed by atoms with Gasteiger partial charge in [-0.2, -0.15) is 0 Å². The van der Waals surface area contributed by atoms with Crippen molar-refractivity contribution >= 4 is 17.1 Å². The van der Waals surface area contributed by atoms with Gasteiger partial charge in [-0.1, -0.05) is 0 Å². The lowest BCUT2D eigenvalue weighted by Gasteiger charge is -2.19. The minimum Gasteiger partial charge on any atom is -0.398 e. The number of hydrogen-bond acceptors (Lipinski definition) is 6. The van der Waals surface area contributed by atoms with Gasteiger partial charge in [-0.15, -0.1) is 0 Å². The first-order valence-corrected chi connectivity index (χ1v) is 5.49. The number of nitrogens with zero attached hydrogens (tertiary/aromatic N) is 2. The first-order valence-electron chi connectivity index (χ1n) is 5.49. The first-order chi connectivity index (χ1) is 8.54. The van der Waals surface area contributed by atoms with E-state index in [2.05, 4.69) is 0 Å². The lowest BCUT2D eigenvalue weighted by molar-refractivity contribution is -0.384. The molecule has 0 saturated carbocycles. The highest BCUT2D eigenvalue weighted by molar-refractivity contribution is 5.62. The van der Waals surface area contributed by atoms with Gasteiger partial charge in [-0.05, 0) is 6.07 Å². The van der Waals surface area contributed by atoms with E-state index in [4.69, 9.17) is 15.6 Å². The Kier molecular flexibility index (Phi) is 5.34. The van der Waals surface area contributed by atoms with Crippen LogP contribution in [0.2, 0.25) is 0 Å². The van der Waals surface area contributed by atoms with Gasteiger partial charge in [-0.25, -0.2) is 0 Å². The van der Waals surface area contributed by atoms with E-state index < -0.39 is 4.92 Å². The summed E-state index contributed by atoms with van der Waals surface area (Å²) in [5.41, 5.74) is 6.59. The SMILES string of the molecule is CN(CCOCCO)c1cc(N)cc([N+](=O)[O-])c1. The van der Waals surface area contributed by atoms with E-state index in [1.165, 1.54) is 12.1 Å². The van der Waals surface area contributed by atoms with E-state index in [0.717, 1.165) is 0 Å². The van der Waals surface area contributed by atoms with E-state index in [9.17, 15) is 10.1 Å². The number of likely N-dealkylation sites (N-methyl/N-ethyl adjacent to an activating group) is 1. The molecule has 0 aromatic heterocycles. The minimum atomic E-state index is -0.476. The van der Waals surface area contributed by atoms with Crippen LogP contribution in [0.1, 0.15) is 0 Å². The summed E-state index contributed by atoms with van der Waals surface area (Å²) in [5, 5.41) is 19.3. The molecule has 7 heteroatoms. The van der Waals surface area contributed by atoms with Gasteiger partial charge in [-0.3, -0.25) is 10.1 Å². The molecule has 0 aliphatic heterocycles. The number of benzene rings is 1. The standard InChI is InChI=1S/C11H17N3O4/c1-13(2-4-18-5-3-15)10-6-9(12)7-11(8-10)14(16)17/h6-8,15H,2-5,12H2,1H3. The molecular formula is C11H17N3O4. The van der Waals surface area contributed by atoms with Crippen LogP contribution in [0.3, 0.4) is 0 Å². The van der Waals surface area contributed by atoms with E-state index in [1.54, 1.807) is 18.0 Å². The van der Waals surface area contributed by atoms with Crippen molar-refractivity contribution in [2.45, 2.75) is 0 Å². The van der Waals surface area contributed by atoms with Crippen LogP contribution in [-0.2, 0) is 4.74 Å². The average Bonchev–Trinajstić information content (AvgIpc) is 2.33. The predicted octanol–water partition coefficient (Wildman–Crippen LogP) is 0.622. The number of nitro groups is 1. The van der Waals surface area contributed by atoms with Crippen LogP contribution >= 0.6 is 0 Å². The van der Waals surface area contributed by atoms with Gasteiger partial charge < -0.3 is 20.5 Å². The van der Waals surface area contributed by atoms with E-state index in [-0.39, 0.29) is 18.9 Å². The summed E-state index contributed by atoms with van der Waals surface area (Å²) < 4.78 is 5.13. The molecule has 0 spiro atoms. The smallest absolute Gasteiger partial charge is 0.273 e. The van der Waals surface area contributed by atoms with E-state index in [1.807, 2.05) is 0 Å². The maximum Gasteiger partial charge on any atom is 0.273 e. The molecule has 1 aromatic carbocycles. The highest BCUT2D eigenvalue weighted by atomic mass is 16.6. The van der Waals surface area contributed by atoms with Crippen molar-refractivity contribution in [2.75, 3.05) is 44.0 Å². The fourth-order valence-corrected chi connectivity index (χ4v) is 1.44. The zero-order valence-electron chi connectivity index (χ0n) is 10.2. The van der Waals surface area contributed by atoms with Crippen molar-refractivity contribution in [3.8, 4) is 0 Å². The van der Waals surface area contributed by atoms with Crippen LogP contribution in [0.4, 0.5) is 17.1 Å². The number of aliphatic hydroxyl groups is 1. The Balaban J connectivity index is 2.67. The molecular weight excluding hydrogens is 238 g/mol. The second-order valence-electron chi connectivity index (χ2n) is 3.80. The van der Waals surface area contributed by atoms with E-state index in [0.29, 0.717) is 24.5 Å². The fourth-order valence-electron chi connectivity index (χ4n) is 1.44. The molecule has 1 rings (SSSR count). The fraction of sp³-hybridized carbons (Fsp3) is 0.455. The zero-order chi connectivity index (χ0) is 13.5. The molecule has 0 amide bonds. The van der Waals surface area contributed by atoms with Crippen LogP contribution in [0.25, 0.3) is 0 Å². The van der Waals surface area contributed by atoms with Gasteiger partial charge in [0, 0.05) is 37.1 Å². The summed E-state index contributed by atoms with van der Waals surface area (Å²) in [5.74, 6) is 0. The summed E-state index contributed by atoms with van der Waals surface area (Å²) >= 11 is 0. The summed E-state index contributed by atoms with van der Waals surface area (Å²) in [6.45, 7) is 1.25. The quantitative estimate of drug-likeness (QED) is 0.320. The van der Waals surface area contributed by atoms with Crippen LogP contribution in [0.15, 0.2) is 18.2 Å². The number of nitro benzene ring substituents is 1. The van der Waals surface area contributed by atoms with Gasteiger partial charge in [0.25, 0.3) is 5.69 Å². The number of nitrogens with two attached hydrogens (primary N) is 1. The minimum absolute atomic E-state index is 0.0204. The third-order valence-electron chi connectivity index (χ3n) is 2.38. The van der Waals surface area contributed by atoms with Crippen LogP contribution in [0, 0.1) is 10.1 Å². The Hall–Kier alpha value is -1.86. The number of non-ortho nitro benzene ring substituents is 1. The van der Waals surface area contributed by atoms with Gasteiger partial charge in [0.1, 0.15) is 0 Å². The van der Waals surface area contributed by atoms with Crippen LogP contribution < -0.4 is 10.6 Å². The molecule has 0 bridgehead atoms. The first kappa shape index (κ1) is 14.2. The Morgan fingerprint density at radius 1 is 1.44 bits per heavy atom. The van der Waals surface area contributed by atoms with Gasteiger partial charge in [0.15, 0.2) is 0 Å². The summed E-state index contributed by atoms with van der Waals surface area (Å²) in [4.78, 5) is 12.0. The number of hydrogen-bond donors (Lipinski definition) is 2. The number of rotatable bonds is 7. The summed E-state index contributed by atoms with van der Waals surface area (Å²) in [7, 11) is 1.79. The van der Waals surface area contributed by atoms with Gasteiger partial charge in [0.2, 0.25) is 0 Å². The molecule has 1 aromatic rings. The molecule has 3 N–H and O–H groups in total. The topological polar surface area (TPSA) is 102 Å². The molecule has 0 unspecified atom stereocenters. The van der Waals surface area contributed by atoms with Crippen molar-refractivity contribution in [1.82, 2.24) is 0 Å². The van der Waals surface area contributed by atoms with Crippen LogP contribution in [0.5, 0.6) is 0 Å². The third-order valence-corrected chi connectivity index (χ3v) is 2.38. The molecule has 7 nitrogen and oxygen atoms in total. The van der Waals surface area contributed by atoms with Crippen LogP contribution in [-0.4, -0.2) is 43.4 Å². The predicted molar refractivity (Wildman–Crippen MR) is 68.7 cm³/mol. The Labute approximate surface area is 105 Å². The maximum atomic E-state index is 10.7. The zero-order valence-corrected chi connectivity index (χ0v) is 10.2. The van der Waals surface area contributed by atoms with Crippen molar-refractivity contribution in [1.29, 1.82) is 0 Å². The molecule has 0 aliphatic rings. The Morgan fingerprint density at radius 3 is 2.78 bits per heavy atom. The number of ether oxygens (including phenoxy) is 1. The molecule has 0 fully saturated rings. The van der Waals surface area contributed by atoms with Gasteiger partial charge in [0.05, 0.1) is 24.7 Å². The lowest BCUT2D eigenvalue weighted by atomic mass is 10.2. The molecule has 0 atom stereocenters. The van der Waals surface area contributed by atoms with Crippen molar-refractivity contribution in [3.63, 3.8) is 0 Å². The molecule has 0 saturated heterocycles. The molecule has 18 heavy (non-hydrogen) atoms. The highest BCUT2D eigenvalue weighted by Gasteiger charge is 2.10. The van der Waals surface area contributed by atoms with Crippen molar-refractivity contribution in [3.05, 3.63) is 28.3 Å². The Morgan fingerprint density at radius 2 is 2.17 bits per heavy atom. The van der Waals surface area contributed by atoms with Crippen molar-refractivity contribution < 1.29 is 14.8 Å². The second kappa shape index (κ2) is 6.77. The molecule has 0 aliphatic carbocycles. The third kappa shape index (κ3) is 4.19. The average molecular weight is 255 g/mol. The maximum absolute atomic E-state index is 10.7. The largest absolute Gasteiger partial charge is 0.398 e. The van der Waals surface area contributed by atoms with Gasteiger partial charge >= 0.3 is 0 Å². The molecule has 0 heterocycles. The van der Waals surface area contributed by atoms with Crippen molar-refractivity contribution in [2.24, 2.45) is 0 Å². The normalized spacial score (nSPS) is 10.3. The summed E-state index contributed by atoms with van der Waals surface area (Å²) in [6, 6.07) is 4.45. The molecule has 100 valence electrons. The lowest BCUT2D eigenvalue weighted by Crippen LogP contribution is -2.23. The number of anilines is 2. The second-order valence-corrected chi connectivity index (χ2v) is 3.80. The number of nitrogen functional groups attached to an aromatic ring is 1. The molecule has 0 radical (unpaired) electrons. The van der Waals surface area contributed by atoms with E-state index >= 15 is 0 Å². The Bertz CT molecular complexity index is 411. The highest BCUT2D eigenvalue weighted by Crippen LogP contribution is 2.24. The summed E-state index contributed by atoms with van der Waals surface area (Å²) in [6.07, 6.45) is 0.